The van der Waals surface area contributed by atoms with Gasteiger partial charge in [0.05, 0.1) is 13.2 Å². The second kappa shape index (κ2) is 16.9. The summed E-state index contributed by atoms with van der Waals surface area (Å²) < 4.78 is 44.3. The summed E-state index contributed by atoms with van der Waals surface area (Å²) in [6, 6.07) is 6.44. The van der Waals surface area contributed by atoms with E-state index in [-0.39, 0.29) is 45.4 Å². The molecule has 1 aromatic carbocycles. The normalized spacial score (nSPS) is 14.7. The third kappa shape index (κ3) is 9.66. The molecule has 14 heteroatoms. The first-order valence-electron chi connectivity index (χ1n) is 13.2. The summed E-state index contributed by atoms with van der Waals surface area (Å²) in [5.41, 5.74) is 7.87. The Morgan fingerprint density at radius 1 is 1.10 bits per heavy atom. The average Bonchev–Trinajstić information content (AvgIpc) is 2.95. The maximum absolute atomic E-state index is 13.4. The van der Waals surface area contributed by atoms with Gasteiger partial charge in [-0.25, -0.2) is 13.2 Å². The van der Waals surface area contributed by atoms with E-state index in [1.54, 1.807) is 29.2 Å². The molecule has 0 aromatic heterocycles. The molecule has 1 saturated heterocycles. The molecule has 0 saturated carbocycles. The SMILES string of the molecule is CCN(CC)C(=O)c1ccc(N(COC)C(=O)OC(CCCCCCN=[N+]=[N-])S(=O)(=O)N2CCOCC2)cc1. The molecular formula is C25H40N6O7S. The van der Waals surface area contributed by atoms with Crippen LogP contribution in [-0.4, -0.2) is 94.8 Å². The lowest BCUT2D eigenvalue weighted by Crippen LogP contribution is -2.48. The number of morpholine rings is 1. The van der Waals surface area contributed by atoms with Crippen LogP contribution in [0.5, 0.6) is 0 Å². The molecule has 2 rings (SSSR count). The van der Waals surface area contributed by atoms with E-state index in [4.69, 9.17) is 19.7 Å². The number of nitrogens with zero attached hydrogens (tertiary/aromatic N) is 6. The number of sulfonamides is 1. The molecule has 0 bridgehead atoms. The zero-order valence-electron chi connectivity index (χ0n) is 23.0. The summed E-state index contributed by atoms with van der Waals surface area (Å²) in [5, 5.41) is 3.50. The van der Waals surface area contributed by atoms with Gasteiger partial charge >= 0.3 is 6.09 Å². The van der Waals surface area contributed by atoms with E-state index in [9.17, 15) is 18.0 Å². The van der Waals surface area contributed by atoms with Gasteiger partial charge in [-0.15, -0.1) is 0 Å². The number of methoxy groups -OCH3 is 1. The number of carbonyl (C=O) groups is 2. The fraction of sp³-hybridized carbons (Fsp3) is 0.680. The number of hydrogen-bond acceptors (Lipinski definition) is 8. The lowest BCUT2D eigenvalue weighted by atomic mass is 10.1. The van der Waals surface area contributed by atoms with Crippen LogP contribution in [0.1, 0.15) is 56.3 Å². The van der Waals surface area contributed by atoms with Crippen molar-refractivity contribution in [1.29, 1.82) is 0 Å². The van der Waals surface area contributed by atoms with Crippen molar-refractivity contribution in [1.82, 2.24) is 9.21 Å². The molecule has 1 aliphatic rings. The van der Waals surface area contributed by atoms with Crippen molar-refractivity contribution in [2.24, 2.45) is 5.11 Å². The van der Waals surface area contributed by atoms with Crippen LogP contribution in [0.25, 0.3) is 10.4 Å². The van der Waals surface area contributed by atoms with Crippen LogP contribution >= 0.6 is 0 Å². The van der Waals surface area contributed by atoms with E-state index in [2.05, 4.69) is 10.0 Å². The van der Waals surface area contributed by atoms with Gasteiger partial charge < -0.3 is 19.1 Å². The first-order valence-corrected chi connectivity index (χ1v) is 14.7. The number of benzene rings is 1. The summed E-state index contributed by atoms with van der Waals surface area (Å²) in [5.74, 6) is -0.122. The molecule has 0 radical (unpaired) electrons. The molecular weight excluding hydrogens is 528 g/mol. The molecule has 0 N–H and O–H groups in total. The second-order valence-electron chi connectivity index (χ2n) is 8.90. The largest absolute Gasteiger partial charge is 0.428 e. The van der Waals surface area contributed by atoms with E-state index in [0.29, 0.717) is 50.1 Å². The summed E-state index contributed by atoms with van der Waals surface area (Å²) in [4.78, 5) is 31.5. The molecule has 1 aliphatic heterocycles. The predicted molar refractivity (Wildman–Crippen MR) is 147 cm³/mol. The van der Waals surface area contributed by atoms with Gasteiger partial charge in [0.25, 0.3) is 15.9 Å². The van der Waals surface area contributed by atoms with Crippen molar-refractivity contribution >= 4 is 27.7 Å². The molecule has 0 aliphatic carbocycles. The van der Waals surface area contributed by atoms with E-state index in [1.165, 1.54) is 16.3 Å². The number of amides is 2. The molecule has 218 valence electrons. The first kappa shape index (κ1) is 32.3. The van der Waals surface area contributed by atoms with E-state index >= 15 is 0 Å². The molecule has 1 aromatic rings. The Hall–Kier alpha value is -2.90. The monoisotopic (exact) mass is 568 g/mol. The lowest BCUT2D eigenvalue weighted by molar-refractivity contribution is 0.0677. The van der Waals surface area contributed by atoms with Crippen LogP contribution in [0.2, 0.25) is 0 Å². The Morgan fingerprint density at radius 3 is 2.33 bits per heavy atom. The van der Waals surface area contributed by atoms with Gasteiger partial charge in [0.1, 0.15) is 6.73 Å². The second-order valence-corrected chi connectivity index (χ2v) is 11.0. The number of unbranched alkanes of at least 4 members (excludes halogenated alkanes) is 3. The Labute approximate surface area is 230 Å². The van der Waals surface area contributed by atoms with Gasteiger partial charge in [0.2, 0.25) is 5.44 Å². The van der Waals surface area contributed by atoms with Crippen LogP contribution in [-0.2, 0) is 24.2 Å². The number of anilines is 1. The highest BCUT2D eigenvalue weighted by atomic mass is 32.2. The lowest BCUT2D eigenvalue weighted by Gasteiger charge is -2.31. The predicted octanol–water partition coefficient (Wildman–Crippen LogP) is 3.96. The number of carbonyl (C=O) groups excluding carboxylic acids is 2. The highest BCUT2D eigenvalue weighted by Gasteiger charge is 2.37. The van der Waals surface area contributed by atoms with Gasteiger partial charge in [-0.1, -0.05) is 18.0 Å². The highest BCUT2D eigenvalue weighted by Crippen LogP contribution is 2.23. The Kier molecular flexibility index (Phi) is 14.0. The molecule has 13 nitrogen and oxygen atoms in total. The minimum atomic E-state index is -3.96. The molecule has 2 amide bonds. The van der Waals surface area contributed by atoms with E-state index in [1.807, 2.05) is 13.8 Å². The van der Waals surface area contributed by atoms with Gasteiger partial charge in [0, 0.05) is 62.4 Å². The topological polar surface area (TPSA) is 154 Å². The van der Waals surface area contributed by atoms with Crippen molar-refractivity contribution in [3.63, 3.8) is 0 Å². The summed E-state index contributed by atoms with van der Waals surface area (Å²) in [6.07, 6.45) is 1.89. The van der Waals surface area contributed by atoms with Crippen LogP contribution < -0.4 is 4.90 Å². The number of azide groups is 1. The minimum absolute atomic E-state index is 0.116. The summed E-state index contributed by atoms with van der Waals surface area (Å²) in [7, 11) is -2.54. The van der Waals surface area contributed by atoms with Gasteiger partial charge in [0.15, 0.2) is 0 Å². The van der Waals surface area contributed by atoms with Gasteiger partial charge in [-0.05, 0) is 56.5 Å². The minimum Gasteiger partial charge on any atom is -0.428 e. The van der Waals surface area contributed by atoms with Crippen molar-refractivity contribution in [3.05, 3.63) is 40.3 Å². The van der Waals surface area contributed by atoms with Crippen molar-refractivity contribution in [2.45, 2.75) is 51.4 Å². The Morgan fingerprint density at radius 2 is 1.74 bits per heavy atom. The molecule has 39 heavy (non-hydrogen) atoms. The van der Waals surface area contributed by atoms with Crippen molar-refractivity contribution in [2.75, 3.05) is 64.7 Å². The fourth-order valence-electron chi connectivity index (χ4n) is 4.14. The van der Waals surface area contributed by atoms with E-state index < -0.39 is 21.6 Å². The molecule has 1 fully saturated rings. The standard InChI is InChI=1S/C25H40N6O7S/c1-4-29(5-2)24(32)21-11-13-22(14-12-21)31(20-36-3)25(33)38-23(10-8-6-7-9-15-27-28-26)39(34,35)30-16-18-37-19-17-30/h11-14,23H,4-10,15-20H2,1-3H3. The number of rotatable bonds is 16. The Balaban J connectivity index is 2.18. The maximum Gasteiger partial charge on any atom is 0.417 e. The van der Waals surface area contributed by atoms with Crippen LogP contribution in [0.3, 0.4) is 0 Å². The third-order valence-electron chi connectivity index (χ3n) is 6.36. The smallest absolute Gasteiger partial charge is 0.417 e. The summed E-state index contributed by atoms with van der Waals surface area (Å²) in [6.45, 7) is 6.07. The Bertz CT molecular complexity index is 1050. The average molecular weight is 569 g/mol. The molecule has 1 atom stereocenters. The fourth-order valence-corrected chi connectivity index (χ4v) is 5.80. The summed E-state index contributed by atoms with van der Waals surface area (Å²) >= 11 is 0. The molecule has 1 unspecified atom stereocenters. The molecule has 1 heterocycles. The third-order valence-corrected chi connectivity index (χ3v) is 8.44. The van der Waals surface area contributed by atoms with Crippen LogP contribution in [0, 0.1) is 0 Å². The molecule has 0 spiro atoms. The first-order chi connectivity index (χ1) is 18.8. The van der Waals surface area contributed by atoms with Crippen LogP contribution in [0.4, 0.5) is 10.5 Å². The maximum atomic E-state index is 13.4. The van der Waals surface area contributed by atoms with Crippen molar-refractivity contribution < 1.29 is 32.2 Å². The van der Waals surface area contributed by atoms with Crippen molar-refractivity contribution in [3.8, 4) is 0 Å². The number of ether oxygens (including phenoxy) is 3. The highest BCUT2D eigenvalue weighted by molar-refractivity contribution is 7.89. The van der Waals surface area contributed by atoms with Gasteiger partial charge in [-0.2, -0.15) is 4.31 Å². The zero-order valence-corrected chi connectivity index (χ0v) is 23.8. The van der Waals surface area contributed by atoms with E-state index in [0.717, 1.165) is 6.42 Å². The van der Waals surface area contributed by atoms with Gasteiger partial charge in [-0.3, -0.25) is 9.69 Å². The number of hydrogen-bond donors (Lipinski definition) is 0. The zero-order chi connectivity index (χ0) is 28.7. The van der Waals surface area contributed by atoms with Crippen LogP contribution in [0.15, 0.2) is 29.4 Å². The quantitative estimate of drug-likeness (QED) is 0.0961.